The number of aryl methyl sites for hydroxylation is 2. The van der Waals surface area contributed by atoms with Crippen molar-refractivity contribution in [3.05, 3.63) is 44.1 Å². The van der Waals surface area contributed by atoms with E-state index in [0.29, 0.717) is 44.0 Å². The molecule has 0 unspecified atom stereocenters. The van der Waals surface area contributed by atoms with E-state index in [1.165, 1.54) is 0 Å². The van der Waals surface area contributed by atoms with Crippen molar-refractivity contribution in [2.45, 2.75) is 39.0 Å². The third kappa shape index (κ3) is 5.00. The Morgan fingerprint density at radius 2 is 1.78 bits per heavy atom. The fourth-order valence-electron chi connectivity index (χ4n) is 3.14. The summed E-state index contributed by atoms with van der Waals surface area (Å²) in [6, 6.07) is 3.76. The summed E-state index contributed by atoms with van der Waals surface area (Å²) in [5.41, 5.74) is 1.96. The molecule has 0 bridgehead atoms. The molecule has 2 heterocycles. The van der Waals surface area contributed by atoms with E-state index >= 15 is 0 Å². The van der Waals surface area contributed by atoms with Gasteiger partial charge >= 0.3 is 10.9 Å². The van der Waals surface area contributed by atoms with Gasteiger partial charge < -0.3 is 9.88 Å². The summed E-state index contributed by atoms with van der Waals surface area (Å²) in [5, 5.41) is -0.757. The van der Waals surface area contributed by atoms with Crippen molar-refractivity contribution in [1.82, 2.24) is 29.6 Å². The highest BCUT2D eigenvalue weighted by Crippen LogP contribution is 2.23. The molecule has 0 radical (unpaired) electrons. The van der Waals surface area contributed by atoms with Crippen LogP contribution in [0.3, 0.4) is 0 Å². The minimum Gasteiger partial charge on any atom is -0.321 e. The van der Waals surface area contributed by atoms with Gasteiger partial charge in [-0.05, 0) is 50.1 Å². The zero-order chi connectivity index (χ0) is 23.7. The number of nitrogens with one attached hydrogen (secondary N) is 3. The van der Waals surface area contributed by atoms with Crippen molar-refractivity contribution >= 4 is 21.1 Å². The normalized spacial score (nSPS) is 12.7. The zero-order valence-electron chi connectivity index (χ0n) is 17.8. The molecule has 1 aromatic rings. The van der Waals surface area contributed by atoms with E-state index in [4.69, 9.17) is 0 Å². The minimum atomic E-state index is -4.69. The molecule has 2 aliphatic heterocycles. The molecule has 0 atom stereocenters. The van der Waals surface area contributed by atoms with E-state index in [0.717, 1.165) is 11.1 Å². The average molecular weight is 471 g/mol. The molecule has 10 nitrogen and oxygen atoms in total. The Bertz CT molecular complexity index is 1330. The molecule has 0 aliphatic carbocycles. The van der Waals surface area contributed by atoms with Crippen LogP contribution in [-0.4, -0.2) is 52.8 Å². The number of rotatable bonds is 9. The average Bonchev–Trinajstić information content (AvgIpc) is 2.67. The van der Waals surface area contributed by atoms with Gasteiger partial charge in [0, 0.05) is 26.6 Å². The summed E-state index contributed by atoms with van der Waals surface area (Å²) in [5.74, 6) is 0.161. The van der Waals surface area contributed by atoms with E-state index in [2.05, 4.69) is 20.3 Å². The predicted molar refractivity (Wildman–Crippen MR) is 116 cm³/mol. The molecule has 13 heteroatoms. The number of halogens is 2. The van der Waals surface area contributed by atoms with Gasteiger partial charge in [-0.25, -0.2) is 22.9 Å². The minimum absolute atomic E-state index is 0.0512. The lowest BCUT2D eigenvalue weighted by atomic mass is 10.1. The van der Waals surface area contributed by atoms with Gasteiger partial charge in [0.05, 0.1) is 11.0 Å². The van der Waals surface area contributed by atoms with Gasteiger partial charge in [0.2, 0.25) is 0 Å². The second kappa shape index (κ2) is 9.00. The second-order valence-corrected chi connectivity index (χ2v) is 9.55. The number of H-pyrrole nitrogens is 1. The highest BCUT2D eigenvalue weighted by atomic mass is 32.2. The third-order valence-electron chi connectivity index (χ3n) is 5.03. The summed E-state index contributed by atoms with van der Waals surface area (Å²) >= 11 is 0. The number of nitrogens with zero attached hydrogens (tertiary/aromatic N) is 3. The monoisotopic (exact) mass is 470 g/mol. The smallest absolute Gasteiger partial charge is 0.321 e. The Hall–Kier alpha value is -2.77. The first-order valence-corrected chi connectivity index (χ1v) is 11.4. The van der Waals surface area contributed by atoms with Crippen LogP contribution in [-0.2, 0) is 16.6 Å². The topological polar surface area (TPSA) is 139 Å². The largest absolute Gasteiger partial charge is 0.356 e. The first-order chi connectivity index (χ1) is 14.9. The lowest BCUT2D eigenvalue weighted by molar-refractivity contribution is 0.112. The highest BCUT2D eigenvalue weighted by molar-refractivity contribution is 7.90. The lowest BCUT2D eigenvalue weighted by Gasteiger charge is -2.18. The van der Waals surface area contributed by atoms with Gasteiger partial charge in [-0.3, -0.25) is 9.78 Å². The van der Waals surface area contributed by atoms with E-state index in [9.17, 15) is 26.8 Å². The van der Waals surface area contributed by atoms with Crippen molar-refractivity contribution < 1.29 is 17.2 Å². The number of aromatic nitrogens is 4. The molecule has 32 heavy (non-hydrogen) atoms. The maximum absolute atomic E-state index is 13.0. The fraction of sp³-hybridized carbons (Fsp3) is 0.474. The lowest BCUT2D eigenvalue weighted by Crippen LogP contribution is -2.38. The quantitative estimate of drug-likeness (QED) is 0.309. The van der Waals surface area contributed by atoms with Crippen molar-refractivity contribution in [2.24, 2.45) is 0 Å². The van der Waals surface area contributed by atoms with Gasteiger partial charge in [-0.15, -0.1) is 0 Å². The molecule has 3 rings (SSSR count). The zero-order valence-corrected chi connectivity index (χ0v) is 18.6. The predicted octanol–water partition coefficient (Wildman–Crippen LogP) is 0.713. The molecule has 0 saturated heterocycles. The van der Waals surface area contributed by atoms with Crippen LogP contribution in [0.15, 0.2) is 21.7 Å². The molecule has 0 spiro atoms. The molecule has 3 N–H and O–H groups in total. The Balaban J connectivity index is 1.74. The molecule has 0 saturated carbocycles. The summed E-state index contributed by atoms with van der Waals surface area (Å²) < 4.78 is 52.2. The summed E-state index contributed by atoms with van der Waals surface area (Å²) in [4.78, 5) is 34.5. The number of fused-ring (bicyclic) bond motifs is 2. The van der Waals surface area contributed by atoms with Crippen LogP contribution in [0.5, 0.6) is 0 Å². The van der Waals surface area contributed by atoms with E-state index < -0.39 is 26.5 Å². The van der Waals surface area contributed by atoms with Crippen LogP contribution in [0.1, 0.15) is 24.5 Å². The maximum Gasteiger partial charge on any atom is 0.356 e. The van der Waals surface area contributed by atoms with E-state index in [-0.39, 0.29) is 18.1 Å². The van der Waals surface area contributed by atoms with Gasteiger partial charge in [-0.1, -0.05) is 0 Å². The molecule has 0 fully saturated rings. The standard InChI is InChI=1S/C19H24F2N6O4S/c1-11-9-13-14(10-12(11)2)27(16-15(24-13)17(28)26-18(29)25-16)8-7-22-5-4-6-23-32(30,31)19(3,20)21/h9-10,22-23H,4-8H2,1-3H3,(H,26,28,29). The van der Waals surface area contributed by atoms with Crippen LogP contribution in [0.4, 0.5) is 8.78 Å². The number of benzene rings is 1. The fourth-order valence-corrected chi connectivity index (χ4v) is 3.81. The van der Waals surface area contributed by atoms with Crippen LogP contribution in [0.25, 0.3) is 22.6 Å². The summed E-state index contributed by atoms with van der Waals surface area (Å²) in [6.45, 7) is 5.15. The number of sulfonamides is 1. The molecule has 0 aromatic heterocycles. The van der Waals surface area contributed by atoms with Crippen LogP contribution >= 0.6 is 0 Å². The van der Waals surface area contributed by atoms with Crippen molar-refractivity contribution in [2.75, 3.05) is 19.6 Å². The van der Waals surface area contributed by atoms with Gasteiger partial charge in [-0.2, -0.15) is 13.8 Å². The van der Waals surface area contributed by atoms with E-state index in [1.54, 1.807) is 4.57 Å². The number of hydrogen-bond acceptors (Lipinski definition) is 7. The van der Waals surface area contributed by atoms with Crippen LogP contribution in [0.2, 0.25) is 0 Å². The van der Waals surface area contributed by atoms with E-state index in [1.807, 2.05) is 30.7 Å². The van der Waals surface area contributed by atoms with Gasteiger partial charge in [0.1, 0.15) is 0 Å². The van der Waals surface area contributed by atoms with Crippen molar-refractivity contribution in [3.8, 4) is 11.5 Å². The van der Waals surface area contributed by atoms with Gasteiger partial charge in [0.25, 0.3) is 15.6 Å². The molecule has 174 valence electrons. The Morgan fingerprint density at radius 1 is 1.09 bits per heavy atom. The number of aromatic amines is 1. The molecule has 2 aliphatic rings. The van der Waals surface area contributed by atoms with Gasteiger partial charge in [0.15, 0.2) is 11.5 Å². The van der Waals surface area contributed by atoms with Crippen LogP contribution in [0, 0.1) is 13.8 Å². The first-order valence-electron chi connectivity index (χ1n) is 9.90. The number of alkyl halides is 2. The first kappa shape index (κ1) is 23.9. The summed E-state index contributed by atoms with van der Waals surface area (Å²) in [6.07, 6.45) is 0.290. The molecule has 0 amide bonds. The highest BCUT2D eigenvalue weighted by Gasteiger charge is 2.38. The Kier molecular flexibility index (Phi) is 6.72. The SMILES string of the molecule is Cc1cc2nc3c(=O)[nH]c(=O)nc-3n(CCNCCCNS(=O)(=O)C(C)(F)F)c2cc1C. The Morgan fingerprint density at radius 3 is 2.47 bits per heavy atom. The molecular formula is C19H24F2N6O4S. The maximum atomic E-state index is 13.0. The number of hydrogen-bond donors (Lipinski definition) is 3. The second-order valence-electron chi connectivity index (χ2n) is 7.54. The summed E-state index contributed by atoms with van der Waals surface area (Å²) in [7, 11) is -4.69. The van der Waals surface area contributed by atoms with Crippen molar-refractivity contribution in [1.29, 1.82) is 0 Å². The third-order valence-corrected chi connectivity index (χ3v) is 6.56. The van der Waals surface area contributed by atoms with Crippen molar-refractivity contribution in [3.63, 3.8) is 0 Å². The molecular weight excluding hydrogens is 446 g/mol. The Labute approximate surface area is 182 Å². The molecule has 1 aromatic carbocycles. The van der Waals surface area contributed by atoms with Crippen LogP contribution < -0.4 is 21.3 Å².